The number of hydrogen-bond acceptors (Lipinski definition) is 1. The average Bonchev–Trinajstić information content (AvgIpc) is 2.90. The zero-order valence-corrected chi connectivity index (χ0v) is 12.9. The molecule has 0 aliphatic carbocycles. The average molecular weight is 308 g/mol. The largest absolute Gasteiger partial charge is 0.337 e. The molecular weight excluding hydrogens is 291 g/mol. The third-order valence-electron chi connectivity index (χ3n) is 4.55. The third kappa shape index (κ3) is 2.05. The number of amides is 1. The molecule has 0 bridgehead atoms. The fraction of sp³-hybridized carbons (Fsp3) is 0.211. The second kappa shape index (κ2) is 5.23. The fourth-order valence-electron chi connectivity index (χ4n) is 3.53. The van der Waals surface area contributed by atoms with Crippen molar-refractivity contribution in [1.29, 1.82) is 0 Å². The van der Waals surface area contributed by atoms with E-state index in [0.717, 1.165) is 28.6 Å². The molecule has 1 aromatic heterocycles. The van der Waals surface area contributed by atoms with Crippen LogP contribution >= 0.6 is 0 Å². The van der Waals surface area contributed by atoms with E-state index in [0.29, 0.717) is 18.8 Å². The van der Waals surface area contributed by atoms with Gasteiger partial charge in [0.25, 0.3) is 5.91 Å². The lowest BCUT2D eigenvalue weighted by atomic mass is 10.0. The van der Waals surface area contributed by atoms with Crippen LogP contribution in [0.25, 0.3) is 10.9 Å². The number of rotatable bonds is 2. The number of nitrogens with zero attached hydrogens (tertiary/aromatic N) is 2. The maximum Gasteiger partial charge on any atom is 0.275 e. The summed E-state index contributed by atoms with van der Waals surface area (Å²) in [7, 11) is 0. The zero-order chi connectivity index (χ0) is 16.0. The smallest absolute Gasteiger partial charge is 0.275 e. The van der Waals surface area contributed by atoms with Gasteiger partial charge in [-0.1, -0.05) is 18.2 Å². The summed E-state index contributed by atoms with van der Waals surface area (Å²) in [5.41, 5.74) is 3.51. The highest BCUT2D eigenvalue weighted by Gasteiger charge is 2.31. The molecule has 1 aliphatic heterocycles. The Morgan fingerprint density at radius 3 is 2.65 bits per heavy atom. The number of carbonyl (C=O) groups excluding carboxylic acids is 1. The summed E-state index contributed by atoms with van der Waals surface area (Å²) in [6.45, 7) is 3.32. The normalized spacial score (nSPS) is 14.3. The van der Waals surface area contributed by atoms with Crippen molar-refractivity contribution in [2.24, 2.45) is 0 Å². The molecular formula is C19H17FN2O. The first-order chi connectivity index (χ1) is 11.2. The molecule has 1 aliphatic rings. The Hall–Kier alpha value is -2.62. The number of aromatic nitrogens is 1. The topological polar surface area (TPSA) is 25.2 Å². The summed E-state index contributed by atoms with van der Waals surface area (Å²) >= 11 is 0. The van der Waals surface area contributed by atoms with Crippen molar-refractivity contribution < 1.29 is 9.18 Å². The number of aryl methyl sites for hydroxylation is 1. The number of carbonyl (C=O) groups is 1. The predicted octanol–water partition coefficient (Wildman–Crippen LogP) is 4.00. The lowest BCUT2D eigenvalue weighted by Crippen LogP contribution is -2.38. The van der Waals surface area contributed by atoms with E-state index in [9.17, 15) is 9.18 Å². The first-order valence-electron chi connectivity index (χ1n) is 7.88. The van der Waals surface area contributed by atoms with Crippen molar-refractivity contribution >= 4 is 22.5 Å². The van der Waals surface area contributed by atoms with Gasteiger partial charge in [-0.05, 0) is 49.2 Å². The first kappa shape index (κ1) is 14.0. The highest BCUT2D eigenvalue weighted by Crippen LogP contribution is 2.33. The number of halogens is 1. The minimum atomic E-state index is -0.258. The molecule has 0 N–H and O–H groups in total. The van der Waals surface area contributed by atoms with E-state index in [2.05, 4.69) is 0 Å². The molecule has 0 radical (unpaired) electrons. The van der Waals surface area contributed by atoms with Crippen LogP contribution in [0.15, 0.2) is 48.5 Å². The lowest BCUT2D eigenvalue weighted by Gasteiger charge is -2.28. The van der Waals surface area contributed by atoms with Crippen LogP contribution in [0.1, 0.15) is 23.0 Å². The second-order valence-corrected chi connectivity index (χ2v) is 5.78. The van der Waals surface area contributed by atoms with Gasteiger partial charge >= 0.3 is 0 Å². The molecule has 4 rings (SSSR count). The van der Waals surface area contributed by atoms with Gasteiger partial charge in [0.15, 0.2) is 0 Å². The van der Waals surface area contributed by atoms with Crippen molar-refractivity contribution in [2.75, 3.05) is 11.4 Å². The summed E-state index contributed by atoms with van der Waals surface area (Å²) in [4.78, 5) is 14.9. The standard InChI is InChI=1S/C19H17FN2O/c1-2-21-17-9-8-13(20)12-16(17)15-10-11-22(19(23)18(15)21)14-6-4-3-5-7-14/h3-9,12H,2,10-11H2,1H3. The van der Waals surface area contributed by atoms with Crippen LogP contribution in [0.5, 0.6) is 0 Å². The van der Waals surface area contributed by atoms with Gasteiger partial charge in [0.2, 0.25) is 0 Å². The van der Waals surface area contributed by atoms with Crippen LogP contribution in [0.2, 0.25) is 0 Å². The summed E-state index contributed by atoms with van der Waals surface area (Å²) < 4.78 is 15.7. The third-order valence-corrected chi connectivity index (χ3v) is 4.55. The number of fused-ring (bicyclic) bond motifs is 3. The molecule has 1 amide bonds. The second-order valence-electron chi connectivity index (χ2n) is 5.78. The van der Waals surface area contributed by atoms with Gasteiger partial charge < -0.3 is 9.47 Å². The highest BCUT2D eigenvalue weighted by atomic mass is 19.1. The maximum atomic E-state index is 13.7. The van der Waals surface area contributed by atoms with E-state index in [1.807, 2.05) is 46.7 Å². The molecule has 4 heteroatoms. The van der Waals surface area contributed by atoms with Crippen molar-refractivity contribution in [3.63, 3.8) is 0 Å². The molecule has 3 nitrogen and oxygen atoms in total. The van der Waals surface area contributed by atoms with Gasteiger partial charge in [-0.3, -0.25) is 4.79 Å². The molecule has 0 fully saturated rings. The van der Waals surface area contributed by atoms with E-state index in [4.69, 9.17) is 0 Å². The number of benzene rings is 2. The zero-order valence-electron chi connectivity index (χ0n) is 12.9. The Morgan fingerprint density at radius 2 is 1.91 bits per heavy atom. The number of anilines is 1. The van der Waals surface area contributed by atoms with Crippen molar-refractivity contribution in [1.82, 2.24) is 4.57 Å². The summed E-state index contributed by atoms with van der Waals surface area (Å²) in [6.07, 6.45) is 0.739. The van der Waals surface area contributed by atoms with Crippen molar-refractivity contribution in [3.05, 3.63) is 65.6 Å². The van der Waals surface area contributed by atoms with E-state index in [-0.39, 0.29) is 11.7 Å². The first-order valence-corrected chi connectivity index (χ1v) is 7.88. The molecule has 0 saturated carbocycles. The Labute approximate surface area is 133 Å². The highest BCUT2D eigenvalue weighted by molar-refractivity contribution is 6.11. The van der Waals surface area contributed by atoms with Crippen LogP contribution in [-0.2, 0) is 13.0 Å². The monoisotopic (exact) mass is 308 g/mol. The van der Waals surface area contributed by atoms with Crippen LogP contribution in [-0.4, -0.2) is 17.0 Å². The van der Waals surface area contributed by atoms with Gasteiger partial charge in [-0.25, -0.2) is 4.39 Å². The molecule has 0 spiro atoms. The summed E-state index contributed by atoms with van der Waals surface area (Å²) in [5.74, 6) is -0.262. The molecule has 2 aromatic carbocycles. The maximum absolute atomic E-state index is 13.7. The number of hydrogen-bond donors (Lipinski definition) is 0. The summed E-state index contributed by atoms with van der Waals surface area (Å²) in [5, 5.41) is 0.864. The molecule has 3 aromatic rings. The lowest BCUT2D eigenvalue weighted by molar-refractivity contribution is 0.0972. The molecule has 23 heavy (non-hydrogen) atoms. The van der Waals surface area contributed by atoms with Crippen molar-refractivity contribution in [3.8, 4) is 0 Å². The van der Waals surface area contributed by atoms with E-state index in [1.165, 1.54) is 6.07 Å². The molecule has 0 unspecified atom stereocenters. The van der Waals surface area contributed by atoms with Crippen LogP contribution in [0.3, 0.4) is 0 Å². The molecule has 116 valence electrons. The minimum absolute atomic E-state index is 0.00379. The van der Waals surface area contributed by atoms with Crippen LogP contribution in [0.4, 0.5) is 10.1 Å². The minimum Gasteiger partial charge on any atom is -0.337 e. The quantitative estimate of drug-likeness (QED) is 0.702. The predicted molar refractivity (Wildman–Crippen MR) is 89.4 cm³/mol. The van der Waals surface area contributed by atoms with E-state index < -0.39 is 0 Å². The van der Waals surface area contributed by atoms with Gasteiger partial charge in [0.05, 0.1) is 0 Å². The van der Waals surface area contributed by atoms with Crippen LogP contribution < -0.4 is 4.90 Å². The van der Waals surface area contributed by atoms with Gasteiger partial charge in [0.1, 0.15) is 11.5 Å². The number of para-hydroxylation sites is 1. The fourth-order valence-corrected chi connectivity index (χ4v) is 3.53. The molecule has 2 heterocycles. The van der Waals surface area contributed by atoms with Crippen LogP contribution in [0, 0.1) is 5.82 Å². The van der Waals surface area contributed by atoms with Gasteiger partial charge in [-0.15, -0.1) is 0 Å². The SMILES string of the molecule is CCn1c2c(c3cc(F)ccc31)CCN(c1ccccc1)C2=O. The van der Waals surface area contributed by atoms with Gasteiger partial charge in [0, 0.05) is 29.7 Å². The van der Waals surface area contributed by atoms with Gasteiger partial charge in [-0.2, -0.15) is 0 Å². The Bertz CT molecular complexity index is 899. The summed E-state index contributed by atoms with van der Waals surface area (Å²) in [6, 6.07) is 14.5. The Kier molecular flexibility index (Phi) is 3.18. The molecule has 0 atom stereocenters. The Morgan fingerprint density at radius 1 is 1.13 bits per heavy atom. The van der Waals surface area contributed by atoms with E-state index >= 15 is 0 Å². The van der Waals surface area contributed by atoms with E-state index in [1.54, 1.807) is 12.1 Å². The Balaban J connectivity index is 1.91. The van der Waals surface area contributed by atoms with Crippen molar-refractivity contribution in [2.45, 2.75) is 19.9 Å². The molecule has 0 saturated heterocycles.